The average molecular weight is 148 g/mol. The van der Waals surface area contributed by atoms with Crippen molar-refractivity contribution < 1.29 is 9.84 Å². The second-order valence-electron chi connectivity index (χ2n) is 2.47. The van der Waals surface area contributed by atoms with Crippen molar-refractivity contribution in [3.8, 4) is 5.75 Å². The van der Waals surface area contributed by atoms with Crippen molar-refractivity contribution in [3.05, 3.63) is 28.6 Å². The number of rotatable bonds is 0. The molecule has 0 radical (unpaired) electrons. The first-order valence-electron chi connectivity index (χ1n) is 3.47. The van der Waals surface area contributed by atoms with Crippen LogP contribution < -0.4 is 10.4 Å². The highest BCUT2D eigenvalue weighted by molar-refractivity contribution is 5.37. The van der Waals surface area contributed by atoms with Crippen LogP contribution in [-0.4, -0.2) is 11.7 Å². The summed E-state index contributed by atoms with van der Waals surface area (Å²) in [4.78, 5) is 0. The van der Waals surface area contributed by atoms with E-state index in [0.717, 1.165) is 10.4 Å². The van der Waals surface area contributed by atoms with Crippen molar-refractivity contribution in [1.82, 2.24) is 0 Å². The van der Waals surface area contributed by atoms with Crippen molar-refractivity contribution in [1.29, 1.82) is 0 Å². The topological polar surface area (TPSA) is 29.5 Å². The molecule has 1 aliphatic rings. The largest absolute Gasteiger partial charge is 0.508 e. The molecule has 56 valence electrons. The van der Waals surface area contributed by atoms with Crippen LogP contribution in [0, 0.1) is 0 Å². The Bertz CT molecular complexity index is 379. The van der Waals surface area contributed by atoms with Gasteiger partial charge in [0.25, 0.3) is 0 Å². The number of aromatic hydroxyl groups is 1. The highest BCUT2D eigenvalue weighted by Crippen LogP contribution is 1.99. The van der Waals surface area contributed by atoms with E-state index in [1.165, 1.54) is 0 Å². The molecule has 1 aromatic rings. The van der Waals surface area contributed by atoms with Crippen molar-refractivity contribution in [2.75, 3.05) is 6.61 Å². The molecule has 0 amide bonds. The fourth-order valence-corrected chi connectivity index (χ4v) is 1.12. The van der Waals surface area contributed by atoms with Crippen molar-refractivity contribution in [3.63, 3.8) is 0 Å². The molecule has 0 atom stereocenters. The SMILES string of the molecule is Oc1ccc2c(c1)=CCOC=2. The number of fused-ring (bicyclic) bond motifs is 1. The smallest absolute Gasteiger partial charge is 0.116 e. The average Bonchev–Trinajstić information content (AvgIpc) is 2.04. The van der Waals surface area contributed by atoms with Crippen molar-refractivity contribution in [2.24, 2.45) is 0 Å². The first-order chi connectivity index (χ1) is 5.36. The van der Waals surface area contributed by atoms with Gasteiger partial charge in [-0.3, -0.25) is 0 Å². The zero-order valence-electron chi connectivity index (χ0n) is 5.95. The van der Waals surface area contributed by atoms with Crippen LogP contribution in [0.2, 0.25) is 0 Å². The van der Waals surface area contributed by atoms with Crippen LogP contribution in [0.25, 0.3) is 12.3 Å². The van der Waals surface area contributed by atoms with Crippen LogP contribution in [0.4, 0.5) is 0 Å². The van der Waals surface area contributed by atoms with Crippen LogP contribution >= 0.6 is 0 Å². The van der Waals surface area contributed by atoms with E-state index in [1.807, 2.05) is 12.1 Å². The molecule has 2 heteroatoms. The number of hydrogen-bond donors (Lipinski definition) is 1. The number of ether oxygens (including phenoxy) is 1. The Balaban J connectivity index is 2.80. The Morgan fingerprint density at radius 2 is 2.18 bits per heavy atom. The second-order valence-corrected chi connectivity index (χ2v) is 2.47. The lowest BCUT2D eigenvalue weighted by molar-refractivity contribution is 0.346. The molecule has 2 rings (SSSR count). The van der Waals surface area contributed by atoms with Crippen LogP contribution in [0.5, 0.6) is 5.75 Å². The summed E-state index contributed by atoms with van der Waals surface area (Å²) < 4.78 is 5.07. The number of hydrogen-bond acceptors (Lipinski definition) is 2. The first kappa shape index (κ1) is 6.28. The number of benzene rings is 1. The Morgan fingerprint density at radius 3 is 3.09 bits per heavy atom. The highest BCUT2D eigenvalue weighted by Gasteiger charge is 1.93. The van der Waals surface area contributed by atoms with E-state index < -0.39 is 0 Å². The molecule has 2 nitrogen and oxygen atoms in total. The van der Waals surface area contributed by atoms with Gasteiger partial charge in [0.1, 0.15) is 12.4 Å². The van der Waals surface area contributed by atoms with Gasteiger partial charge >= 0.3 is 0 Å². The standard InChI is InChI=1S/C9H8O2/c10-9-2-1-8-6-11-4-3-7(8)5-9/h1-3,5-6,10H,4H2. The van der Waals surface area contributed by atoms with E-state index in [-0.39, 0.29) is 0 Å². The lowest BCUT2D eigenvalue weighted by atomic mass is 10.2. The third-order valence-electron chi connectivity index (χ3n) is 1.68. The molecule has 0 aromatic heterocycles. The minimum absolute atomic E-state index is 0.301. The predicted molar refractivity (Wildman–Crippen MR) is 42.2 cm³/mol. The van der Waals surface area contributed by atoms with E-state index in [4.69, 9.17) is 9.84 Å². The van der Waals surface area contributed by atoms with Gasteiger partial charge < -0.3 is 9.84 Å². The number of phenols is 1. The van der Waals surface area contributed by atoms with Gasteiger partial charge in [-0.1, -0.05) is 0 Å². The molecule has 1 heterocycles. The van der Waals surface area contributed by atoms with Gasteiger partial charge in [-0.15, -0.1) is 0 Å². The summed E-state index contributed by atoms with van der Waals surface area (Å²) in [6, 6.07) is 5.21. The molecular formula is C9H8O2. The fraction of sp³-hybridized carbons (Fsp3) is 0.111. The van der Waals surface area contributed by atoms with Gasteiger partial charge in [-0.25, -0.2) is 0 Å². The molecule has 1 aromatic carbocycles. The lowest BCUT2D eigenvalue weighted by Gasteiger charge is -2.01. The number of phenolic OH excluding ortho intramolecular Hbond substituents is 1. The van der Waals surface area contributed by atoms with Crippen LogP contribution in [0.1, 0.15) is 0 Å². The summed E-state index contributed by atoms with van der Waals surface area (Å²) in [6.45, 7) is 0.594. The van der Waals surface area contributed by atoms with Gasteiger partial charge in [-0.05, 0) is 29.5 Å². The third-order valence-corrected chi connectivity index (χ3v) is 1.68. The zero-order chi connectivity index (χ0) is 7.68. The lowest BCUT2D eigenvalue weighted by Crippen LogP contribution is -2.27. The Hall–Kier alpha value is -1.44. The third kappa shape index (κ3) is 1.07. The quantitative estimate of drug-likeness (QED) is 0.558. The molecule has 0 saturated carbocycles. The molecule has 1 aliphatic heterocycles. The summed E-state index contributed by atoms with van der Waals surface area (Å²) in [6.07, 6.45) is 3.64. The van der Waals surface area contributed by atoms with Gasteiger partial charge in [0.05, 0.1) is 6.26 Å². The predicted octanol–water partition coefficient (Wildman–Crippen LogP) is -0.0591. The normalized spacial score (nSPS) is 13.8. The maximum Gasteiger partial charge on any atom is 0.116 e. The van der Waals surface area contributed by atoms with Crippen LogP contribution in [0.3, 0.4) is 0 Å². The maximum atomic E-state index is 9.11. The van der Waals surface area contributed by atoms with Gasteiger partial charge in [-0.2, -0.15) is 0 Å². The summed E-state index contributed by atoms with van der Waals surface area (Å²) >= 11 is 0. The summed E-state index contributed by atoms with van der Waals surface area (Å²) in [5, 5.41) is 11.2. The molecule has 0 aliphatic carbocycles. The van der Waals surface area contributed by atoms with E-state index in [1.54, 1.807) is 18.4 Å². The summed E-state index contributed by atoms with van der Waals surface area (Å²) in [7, 11) is 0. The van der Waals surface area contributed by atoms with E-state index >= 15 is 0 Å². The van der Waals surface area contributed by atoms with E-state index in [2.05, 4.69) is 0 Å². The summed E-state index contributed by atoms with van der Waals surface area (Å²) in [5.41, 5.74) is 0. The Labute approximate surface area is 64.0 Å². The second kappa shape index (κ2) is 2.31. The molecule has 0 fully saturated rings. The fourth-order valence-electron chi connectivity index (χ4n) is 1.12. The molecule has 11 heavy (non-hydrogen) atoms. The Morgan fingerprint density at radius 1 is 1.27 bits per heavy atom. The molecule has 0 bridgehead atoms. The van der Waals surface area contributed by atoms with Crippen LogP contribution in [0.15, 0.2) is 18.2 Å². The van der Waals surface area contributed by atoms with E-state index in [9.17, 15) is 0 Å². The molecule has 0 saturated heterocycles. The summed E-state index contributed by atoms with van der Waals surface area (Å²) in [5.74, 6) is 0.301. The van der Waals surface area contributed by atoms with Gasteiger partial charge in [0.15, 0.2) is 0 Å². The molecular weight excluding hydrogens is 140 g/mol. The van der Waals surface area contributed by atoms with Gasteiger partial charge in [0, 0.05) is 5.22 Å². The Kier molecular flexibility index (Phi) is 1.32. The molecule has 0 spiro atoms. The maximum absolute atomic E-state index is 9.11. The van der Waals surface area contributed by atoms with Crippen molar-refractivity contribution in [2.45, 2.75) is 0 Å². The molecule has 0 unspecified atom stereocenters. The van der Waals surface area contributed by atoms with Crippen molar-refractivity contribution >= 4 is 12.3 Å². The minimum atomic E-state index is 0.301. The minimum Gasteiger partial charge on any atom is -0.508 e. The van der Waals surface area contributed by atoms with Crippen LogP contribution in [-0.2, 0) is 4.74 Å². The zero-order valence-corrected chi connectivity index (χ0v) is 5.95. The molecule has 1 N–H and O–H groups in total. The monoisotopic (exact) mass is 148 g/mol. The van der Waals surface area contributed by atoms with E-state index in [0.29, 0.717) is 12.4 Å². The van der Waals surface area contributed by atoms with Gasteiger partial charge in [0.2, 0.25) is 0 Å². The highest BCUT2D eigenvalue weighted by atomic mass is 16.5. The first-order valence-corrected chi connectivity index (χ1v) is 3.47.